The lowest BCUT2D eigenvalue weighted by molar-refractivity contribution is -0.154. The Balaban J connectivity index is 1.89. The van der Waals surface area contributed by atoms with Crippen LogP contribution in [0, 0.1) is 18.3 Å². The maximum absolute atomic E-state index is 13.5. The number of cyclic esters (lactones) is 1. The number of aromatic nitrogens is 1. The molecule has 0 amide bonds. The number of allylic oxidation sites excluding steroid dienone is 1. The fourth-order valence-electron chi connectivity index (χ4n) is 5.35. The van der Waals surface area contributed by atoms with Gasteiger partial charge in [-0.3, -0.25) is 9.59 Å². The normalized spacial score (nSPS) is 35.9. The summed E-state index contributed by atoms with van der Waals surface area (Å²) in [5.74, 6) is -1.27. The molecule has 0 bridgehead atoms. The van der Waals surface area contributed by atoms with Crippen LogP contribution in [0.2, 0.25) is 0 Å². The maximum Gasteiger partial charge on any atom is 0.309 e. The van der Waals surface area contributed by atoms with Crippen molar-refractivity contribution in [2.24, 2.45) is 11.3 Å². The topological polar surface area (TPSA) is 109 Å². The van der Waals surface area contributed by atoms with Crippen LogP contribution in [0.4, 0.5) is 0 Å². The van der Waals surface area contributed by atoms with Crippen molar-refractivity contribution >= 4 is 29.2 Å². The maximum atomic E-state index is 13.5. The number of epoxide rings is 1. The van der Waals surface area contributed by atoms with Crippen molar-refractivity contribution in [3.8, 4) is 0 Å². The number of hydrogen-bond acceptors (Lipinski definition) is 8. The SMILES string of the molecule is C=CC[C@@H]1C[C@@](C)(O)CCCC2(C)OC2C[C@@H](C(C)=Cc2csc(C)n2)OC(=O)C[C@H](O)C(C)(C)C1=O. The van der Waals surface area contributed by atoms with Gasteiger partial charge in [-0.2, -0.15) is 0 Å². The summed E-state index contributed by atoms with van der Waals surface area (Å²) < 4.78 is 12.0. The van der Waals surface area contributed by atoms with Crippen molar-refractivity contribution in [3.63, 3.8) is 0 Å². The minimum atomic E-state index is -1.23. The van der Waals surface area contributed by atoms with Gasteiger partial charge in [0.15, 0.2) is 0 Å². The van der Waals surface area contributed by atoms with Crippen molar-refractivity contribution in [1.82, 2.24) is 4.98 Å². The zero-order chi connectivity index (χ0) is 27.6. The Morgan fingerprint density at radius 1 is 1.27 bits per heavy atom. The lowest BCUT2D eigenvalue weighted by Crippen LogP contribution is -2.44. The van der Waals surface area contributed by atoms with Crippen molar-refractivity contribution in [2.45, 2.75) is 116 Å². The summed E-state index contributed by atoms with van der Waals surface area (Å²) in [6, 6.07) is 0. The Labute approximate surface area is 225 Å². The first-order chi connectivity index (χ1) is 17.2. The van der Waals surface area contributed by atoms with Crippen LogP contribution in [-0.4, -0.2) is 56.5 Å². The molecule has 2 N–H and O–H groups in total. The van der Waals surface area contributed by atoms with Gasteiger partial charge < -0.3 is 19.7 Å². The third kappa shape index (κ3) is 7.59. The summed E-state index contributed by atoms with van der Waals surface area (Å²) in [7, 11) is 0. The first-order valence-corrected chi connectivity index (χ1v) is 14.1. The highest BCUT2D eigenvalue weighted by Gasteiger charge is 2.53. The zero-order valence-corrected chi connectivity index (χ0v) is 23.9. The Morgan fingerprint density at radius 2 is 1.97 bits per heavy atom. The Bertz CT molecular complexity index is 1030. The van der Waals surface area contributed by atoms with Gasteiger partial charge in [-0.25, -0.2) is 4.98 Å². The highest BCUT2D eigenvalue weighted by Crippen LogP contribution is 2.45. The van der Waals surface area contributed by atoms with Crippen LogP contribution in [0.15, 0.2) is 23.6 Å². The standard InChI is InChI=1S/C29H43NO6S/c1-8-10-20-16-28(6,34)11-9-12-29(7)24(36-29)14-22(18(2)13-21-17-37-19(3)30-21)35-25(32)15-23(31)27(4,5)26(20)33/h8,13,17,20,22-24,31,34H,1,9-12,14-16H2,2-7H3/t20-,22+,23+,24?,28+,29?/m1/s1. The molecule has 3 heterocycles. The van der Waals surface area contributed by atoms with E-state index in [-0.39, 0.29) is 30.3 Å². The summed E-state index contributed by atoms with van der Waals surface area (Å²) in [5.41, 5.74) is -0.945. The van der Waals surface area contributed by atoms with Gasteiger partial charge in [0.25, 0.3) is 0 Å². The summed E-state index contributed by atoms with van der Waals surface area (Å²) in [6.07, 6.45) is 4.59. The van der Waals surface area contributed by atoms with Gasteiger partial charge in [0.05, 0.1) is 45.9 Å². The van der Waals surface area contributed by atoms with Gasteiger partial charge in [-0.1, -0.05) is 19.9 Å². The molecule has 3 rings (SSSR count). The number of carbonyl (C=O) groups excluding carboxylic acids is 2. The number of rotatable bonds is 4. The van der Waals surface area contributed by atoms with Gasteiger partial charge in [0.1, 0.15) is 11.9 Å². The van der Waals surface area contributed by atoms with E-state index in [4.69, 9.17) is 9.47 Å². The van der Waals surface area contributed by atoms with Crippen LogP contribution >= 0.6 is 11.3 Å². The van der Waals surface area contributed by atoms with Crippen molar-refractivity contribution < 1.29 is 29.3 Å². The number of aliphatic hydroxyl groups excluding tert-OH is 1. The molecule has 8 heteroatoms. The van der Waals surface area contributed by atoms with E-state index >= 15 is 0 Å². The third-order valence-electron chi connectivity index (χ3n) is 7.98. The molecule has 0 spiro atoms. The lowest BCUT2D eigenvalue weighted by Gasteiger charge is -2.35. The van der Waals surface area contributed by atoms with E-state index in [2.05, 4.69) is 11.6 Å². The highest BCUT2D eigenvalue weighted by atomic mass is 32.1. The molecule has 0 aromatic carbocycles. The second-order valence-corrected chi connectivity index (χ2v) is 13.0. The molecule has 0 saturated carbocycles. The predicted octanol–water partition coefficient (Wildman–Crippen LogP) is 5.18. The van der Waals surface area contributed by atoms with Crippen LogP contribution in [0.25, 0.3) is 6.08 Å². The minimum Gasteiger partial charge on any atom is -0.458 e. The molecule has 2 saturated heterocycles. The molecule has 37 heavy (non-hydrogen) atoms. The van der Waals surface area contributed by atoms with E-state index in [1.165, 1.54) is 0 Å². The summed E-state index contributed by atoms with van der Waals surface area (Å²) in [4.78, 5) is 31.1. The number of aliphatic hydroxyl groups is 2. The van der Waals surface area contributed by atoms with Crippen LogP contribution in [0.5, 0.6) is 0 Å². The van der Waals surface area contributed by atoms with Crippen LogP contribution in [0.3, 0.4) is 0 Å². The molecule has 2 aliphatic rings. The highest BCUT2D eigenvalue weighted by molar-refractivity contribution is 7.09. The predicted molar refractivity (Wildman–Crippen MR) is 145 cm³/mol. The second kappa shape index (κ2) is 11.5. The quantitative estimate of drug-likeness (QED) is 0.312. The van der Waals surface area contributed by atoms with Crippen molar-refractivity contribution in [3.05, 3.63) is 34.3 Å². The van der Waals surface area contributed by atoms with Crippen molar-refractivity contribution in [1.29, 1.82) is 0 Å². The van der Waals surface area contributed by atoms with E-state index in [0.717, 1.165) is 29.1 Å². The fraction of sp³-hybridized carbons (Fsp3) is 0.690. The largest absolute Gasteiger partial charge is 0.458 e. The molecule has 2 unspecified atom stereocenters. The number of fused-ring (bicyclic) bond motifs is 1. The number of Topliss-reactive ketones (excluding diaryl/α,β-unsaturated/α-hetero) is 1. The first kappa shape index (κ1) is 29.7. The molecule has 0 radical (unpaired) electrons. The van der Waals surface area contributed by atoms with E-state index in [1.54, 1.807) is 38.2 Å². The molecular formula is C29H43NO6S. The van der Waals surface area contributed by atoms with Gasteiger partial charge in [0.2, 0.25) is 0 Å². The molecular weight excluding hydrogens is 490 g/mol. The fourth-order valence-corrected chi connectivity index (χ4v) is 5.92. The summed E-state index contributed by atoms with van der Waals surface area (Å²) >= 11 is 1.55. The smallest absolute Gasteiger partial charge is 0.309 e. The van der Waals surface area contributed by atoms with E-state index in [9.17, 15) is 19.8 Å². The molecule has 2 aliphatic heterocycles. The number of ketones is 1. The van der Waals surface area contributed by atoms with Gasteiger partial charge in [-0.15, -0.1) is 17.9 Å². The van der Waals surface area contributed by atoms with Gasteiger partial charge >= 0.3 is 5.97 Å². The van der Waals surface area contributed by atoms with Gasteiger partial charge in [-0.05, 0) is 71.4 Å². The molecule has 1 aromatic heterocycles. The number of esters is 1. The molecule has 1 aromatic rings. The number of thiazole rings is 1. The zero-order valence-electron chi connectivity index (χ0n) is 23.1. The molecule has 2 fully saturated rings. The summed E-state index contributed by atoms with van der Waals surface area (Å²) in [5, 5.41) is 25.1. The number of hydrogen-bond donors (Lipinski definition) is 2. The Hall–Kier alpha value is -1.87. The third-order valence-corrected chi connectivity index (χ3v) is 8.77. The van der Waals surface area contributed by atoms with E-state index < -0.39 is 35.1 Å². The number of carbonyl (C=O) groups is 2. The number of ether oxygens (including phenoxy) is 2. The molecule has 7 nitrogen and oxygen atoms in total. The first-order valence-electron chi connectivity index (χ1n) is 13.2. The number of nitrogens with zero attached hydrogens (tertiary/aromatic N) is 1. The Kier molecular flexibility index (Phi) is 9.21. The lowest BCUT2D eigenvalue weighted by atomic mass is 9.71. The Morgan fingerprint density at radius 3 is 2.59 bits per heavy atom. The van der Waals surface area contributed by atoms with Crippen LogP contribution < -0.4 is 0 Å². The molecule has 206 valence electrons. The number of aryl methyl sites for hydroxylation is 1. The molecule has 0 aliphatic carbocycles. The molecule has 6 atom stereocenters. The monoisotopic (exact) mass is 533 g/mol. The average Bonchev–Trinajstić information content (AvgIpc) is 3.23. The van der Waals surface area contributed by atoms with E-state index in [1.807, 2.05) is 32.2 Å². The van der Waals surface area contributed by atoms with Crippen LogP contribution in [-0.2, 0) is 19.1 Å². The average molecular weight is 534 g/mol. The summed E-state index contributed by atoms with van der Waals surface area (Å²) in [6.45, 7) is 14.7. The second-order valence-electron chi connectivity index (χ2n) is 11.9. The van der Waals surface area contributed by atoms with Gasteiger partial charge in [0, 0.05) is 17.7 Å². The minimum absolute atomic E-state index is 0.0832. The van der Waals surface area contributed by atoms with E-state index in [0.29, 0.717) is 19.3 Å². The van der Waals surface area contributed by atoms with Crippen LogP contribution in [0.1, 0.15) is 90.3 Å². The van der Waals surface area contributed by atoms with Crippen molar-refractivity contribution in [2.75, 3.05) is 0 Å².